The van der Waals surface area contributed by atoms with E-state index in [-0.39, 0.29) is 117 Å². The van der Waals surface area contributed by atoms with Crippen molar-refractivity contribution in [1.29, 1.82) is 0 Å². The lowest BCUT2D eigenvalue weighted by atomic mass is 9.98. The van der Waals surface area contributed by atoms with Crippen LogP contribution in [0.3, 0.4) is 0 Å². The number of hydrogen-bond donors (Lipinski definition) is 6. The number of hydrogen-bond acceptors (Lipinski definition) is 42. The molecule has 3 saturated heterocycles. The van der Waals surface area contributed by atoms with Crippen molar-refractivity contribution in [3.05, 3.63) is 125 Å². The molecule has 0 spiro atoms. The first-order valence-corrected chi connectivity index (χ1v) is 35.5. The van der Waals surface area contributed by atoms with Crippen molar-refractivity contribution in [3.63, 3.8) is 0 Å². The number of terminal acetylenes is 3. The molecule has 0 aliphatic carbocycles. The number of rotatable bonds is 25. The Morgan fingerprint density at radius 1 is 0.517 bits per heavy atom. The van der Waals surface area contributed by atoms with E-state index in [9.17, 15) is 53.4 Å². The van der Waals surface area contributed by atoms with Crippen molar-refractivity contribution >= 4 is 81.4 Å². The summed E-state index contributed by atoms with van der Waals surface area (Å²) in [5.74, 6) is 6.25. The van der Waals surface area contributed by atoms with Crippen LogP contribution in [0.2, 0.25) is 0 Å². The molecule has 10 aromatic rings. The number of carbonyl (C=O) groups is 5. The van der Waals surface area contributed by atoms with Gasteiger partial charge in [0, 0.05) is 52.4 Å². The largest absolute Gasteiger partial charge is 0.519 e. The maximum atomic E-state index is 12.7. The predicted octanol–water partition coefficient (Wildman–Crippen LogP) is 2.69. The molecule has 9 atom stereocenters. The highest BCUT2D eigenvalue weighted by Crippen LogP contribution is 2.43. The molecule has 13 rings (SSSR count). The van der Waals surface area contributed by atoms with Gasteiger partial charge in [-0.25, -0.2) is 83.2 Å². The van der Waals surface area contributed by atoms with Gasteiger partial charge in [0.2, 0.25) is 5.60 Å². The third-order valence-electron chi connectivity index (χ3n) is 18.4. The summed E-state index contributed by atoms with van der Waals surface area (Å²) in [4.78, 5) is 148. The molecule has 10 aromatic heterocycles. The minimum atomic E-state index is -1.86. The summed E-state index contributed by atoms with van der Waals surface area (Å²) >= 11 is 0. The van der Waals surface area contributed by atoms with E-state index in [0.717, 1.165) is 0 Å². The number of alkyl carbamates (subject to hydrolysis) is 1. The molecule has 9 N–H and O–H groups in total. The second-order valence-electron chi connectivity index (χ2n) is 26.7. The molecule has 0 aromatic carbocycles. The summed E-state index contributed by atoms with van der Waals surface area (Å²) in [6.45, 7) is 9.61. The number of nitrogens with zero attached hydrogens (tertiary/aromatic N) is 14. The number of esters is 1. The van der Waals surface area contributed by atoms with Crippen LogP contribution in [-0.2, 0) is 78.5 Å². The van der Waals surface area contributed by atoms with Crippen LogP contribution in [0.4, 0.5) is 36.6 Å². The van der Waals surface area contributed by atoms with E-state index in [4.69, 9.17) is 119 Å². The van der Waals surface area contributed by atoms with E-state index < -0.39 is 127 Å². The van der Waals surface area contributed by atoms with Crippen molar-refractivity contribution in [2.75, 3.05) is 70.8 Å². The second kappa shape index (κ2) is 35.9. The fourth-order valence-electron chi connectivity index (χ4n) is 12.2. The van der Waals surface area contributed by atoms with Crippen molar-refractivity contribution in [1.82, 2.24) is 73.7 Å². The number of anilines is 3. The zero-order valence-electron chi connectivity index (χ0n) is 64.4. The summed E-state index contributed by atoms with van der Waals surface area (Å²) in [6, 6.07) is 0. The lowest BCUT2D eigenvalue weighted by molar-refractivity contribution is -0.156. The van der Waals surface area contributed by atoms with Gasteiger partial charge in [0.05, 0.1) is 25.5 Å². The zero-order chi connectivity index (χ0) is 85.2. The molecule has 2 amide bonds. The molecular weight excluding hydrogens is 1570 g/mol. The highest BCUT2D eigenvalue weighted by Gasteiger charge is 2.54. The fourth-order valence-corrected chi connectivity index (χ4v) is 12.2. The number of aromatic nitrogens is 12. The van der Waals surface area contributed by atoms with Crippen molar-refractivity contribution < 1.29 is 117 Å². The highest BCUT2D eigenvalue weighted by atomic mass is 16.8. The van der Waals surface area contributed by atoms with E-state index in [1.54, 1.807) is 43.9 Å². The van der Waals surface area contributed by atoms with E-state index >= 15 is 0 Å². The van der Waals surface area contributed by atoms with Crippen molar-refractivity contribution in [2.24, 2.45) is 0 Å². The molecular formula is C71H78N18O29. The van der Waals surface area contributed by atoms with Gasteiger partial charge in [0.25, 0.3) is 0 Å². The quantitative estimate of drug-likeness (QED) is 0.0272. The zero-order valence-corrected chi connectivity index (χ0v) is 64.4. The Labute approximate surface area is 663 Å². The lowest BCUT2D eigenvalue weighted by Crippen LogP contribution is -2.45. The summed E-state index contributed by atoms with van der Waals surface area (Å²) in [7, 11) is 3.28. The van der Waals surface area contributed by atoms with E-state index in [1.807, 2.05) is 4.90 Å². The minimum Gasteiger partial charge on any atom is -0.461 e. The summed E-state index contributed by atoms with van der Waals surface area (Å²) in [6.07, 6.45) is 12.2. The Morgan fingerprint density at radius 2 is 0.907 bits per heavy atom. The number of nitrogens with two attached hydrogens (primary N) is 3. The molecule has 0 radical (unpaired) electrons. The molecule has 3 aliphatic heterocycles. The second-order valence-corrected chi connectivity index (χ2v) is 26.7. The van der Waals surface area contributed by atoms with Crippen LogP contribution in [0.15, 0.2) is 73.5 Å². The van der Waals surface area contributed by atoms with Crippen LogP contribution >= 0.6 is 0 Å². The first kappa shape index (κ1) is 85.0. The molecule has 47 heteroatoms. The van der Waals surface area contributed by atoms with E-state index in [1.165, 1.54) is 56.3 Å². The standard InChI is InChI=1S/C25H23N5O13.C24H28N6O9.C22H27N7O7/c1-5-25(9-37-21(31)35-7-14-11(2)38-23(33)40-14)16(42-22(32)36-8-15-12(3)39-24(34)41-15)6-17(43-25)30-10-27-18-19(26)28-13(4)29-20(18)30;1-5-24(16(31)9-17(39-24)30-12-26-19-20(25)27-14(3)28-21(19)30)11-36-18(32)7-6-8-29(4)22(33)35-10-15-13(2)37-23(34)38-15;1-5-22(10-33-20(31)24-6-7-28(4)9-14-12(2)34-21(32)35-14)15(30)8-16(36-22)29-11-25-17-18(23)26-13(3)27-19(17)29/h1,10,16-17H,6-9H2,2-4H3,(H2,26,28,29);1,12,16-17,31H,6-11H2,2-4H3,(H2,25,27,28);1,11,15-16,30H,6-10H2,2-4H3,(H,24,31)(H2,23,26,27)/t16-,17+,25+;16-,17+,24+;15-,16+,22+/m000/s1. The van der Waals surface area contributed by atoms with Gasteiger partial charge in [-0.05, 0) is 61.9 Å². The monoisotopic (exact) mass is 1650 g/mol. The Bertz CT molecular complexity index is 5760. The van der Waals surface area contributed by atoms with Crippen LogP contribution in [-0.4, -0.2) is 198 Å². The maximum Gasteiger partial charge on any atom is 0.519 e. The number of carbonyl (C=O) groups excluding carboxylic acids is 5. The van der Waals surface area contributed by atoms with Gasteiger partial charge < -0.3 is 120 Å². The normalized spacial score (nSPS) is 20.6. The maximum absolute atomic E-state index is 12.7. The number of ether oxygens (including phenoxy) is 10. The molecule has 626 valence electrons. The highest BCUT2D eigenvalue weighted by molar-refractivity contribution is 5.83. The van der Waals surface area contributed by atoms with Crippen LogP contribution < -0.4 is 45.8 Å². The number of aryl methyl sites for hydroxylation is 7. The SMILES string of the molecule is C#C[C@]1(COC(=O)CCCN(C)C(=O)OCc2oc(=O)oc2C)O[C@@H](n2cnc3c(N)nc(C)nc32)C[C@@H]1O.C#C[C@]1(COC(=O)NCCN(C)Cc2oc(=O)oc2C)O[C@@H](n2cnc3c(N)nc(C)nc32)C[C@@H]1O.C#C[C@]1(COC(=O)OCc2oc(=O)oc2C)O[C@@H](n2cnc3c(N)nc(C)nc32)C[C@@H]1OC(=O)OCc1oc(=O)oc1C. The molecule has 0 unspecified atom stereocenters. The smallest absolute Gasteiger partial charge is 0.461 e. The number of imidazole rings is 3. The molecule has 118 heavy (non-hydrogen) atoms. The van der Waals surface area contributed by atoms with Crippen LogP contribution in [0, 0.1) is 85.5 Å². The van der Waals surface area contributed by atoms with E-state index in [0.29, 0.717) is 75.6 Å². The van der Waals surface area contributed by atoms with Gasteiger partial charge in [-0.3, -0.25) is 23.4 Å². The van der Waals surface area contributed by atoms with Gasteiger partial charge in [0.15, 0.2) is 112 Å². The number of nitrogen functional groups attached to an aromatic ring is 3. The first-order chi connectivity index (χ1) is 56.1. The average Bonchev–Trinajstić information content (AvgIpc) is 1.62. The summed E-state index contributed by atoms with van der Waals surface area (Å²) < 4.78 is 97.5. The Kier molecular flexibility index (Phi) is 25.8. The molecule has 13 heterocycles. The van der Waals surface area contributed by atoms with Gasteiger partial charge >= 0.3 is 53.8 Å². The Morgan fingerprint density at radius 3 is 1.33 bits per heavy atom. The van der Waals surface area contributed by atoms with Gasteiger partial charge in [0.1, 0.15) is 90.5 Å². The van der Waals surface area contributed by atoms with Gasteiger partial charge in [-0.2, -0.15) is 0 Å². The molecule has 47 nitrogen and oxygen atoms in total. The van der Waals surface area contributed by atoms with Crippen molar-refractivity contribution in [2.45, 2.75) is 161 Å². The number of aliphatic hydroxyl groups is 2. The number of amides is 2. The average molecular weight is 1650 g/mol. The first-order valence-electron chi connectivity index (χ1n) is 35.5. The third kappa shape index (κ3) is 19.4. The number of likely N-dealkylation sites (N-methyl/N-ethyl adjacent to an activating group) is 1. The van der Waals surface area contributed by atoms with Crippen LogP contribution in [0.1, 0.15) is 114 Å². The van der Waals surface area contributed by atoms with Gasteiger partial charge in [-0.15, -0.1) is 19.3 Å². The van der Waals surface area contributed by atoms with Crippen LogP contribution in [0.5, 0.6) is 0 Å². The minimum absolute atomic E-state index is 0.0259. The van der Waals surface area contributed by atoms with Gasteiger partial charge in [-0.1, -0.05) is 17.8 Å². The molecule has 0 bridgehead atoms. The summed E-state index contributed by atoms with van der Waals surface area (Å²) in [5.41, 5.74) is 15.1. The topological polar surface area (TPSA) is 619 Å². The number of nitrogens with one attached hydrogen (secondary N) is 1. The van der Waals surface area contributed by atoms with Crippen molar-refractivity contribution in [3.8, 4) is 37.0 Å². The lowest BCUT2D eigenvalue weighted by Gasteiger charge is -2.27. The Hall–Kier alpha value is -13.9. The fraction of sp³-hybridized carbons (Fsp3) is 0.465. The third-order valence-corrected chi connectivity index (χ3v) is 18.4. The summed E-state index contributed by atoms with van der Waals surface area (Å²) in [5, 5.41) is 24.0. The molecule has 3 fully saturated rings. The predicted molar refractivity (Wildman–Crippen MR) is 392 cm³/mol. The molecule has 0 saturated carbocycles. The number of fused-ring (bicyclic) bond motifs is 3. The van der Waals surface area contributed by atoms with E-state index in [2.05, 4.69) is 67.9 Å². The molecule has 3 aliphatic rings. The van der Waals surface area contributed by atoms with Crippen LogP contribution in [0.25, 0.3) is 33.5 Å². The number of aliphatic hydroxyl groups excluding tert-OH is 2. The Balaban J connectivity index is 0.000000174.